The monoisotopic (exact) mass is 327 g/mol. The number of nitrogens with two attached hydrogens (primary N) is 1. The van der Waals surface area contributed by atoms with Gasteiger partial charge in [-0.2, -0.15) is 0 Å². The van der Waals surface area contributed by atoms with E-state index in [2.05, 4.69) is 9.71 Å². The predicted molar refractivity (Wildman–Crippen MR) is 84.0 cm³/mol. The van der Waals surface area contributed by atoms with Gasteiger partial charge in [-0.3, -0.25) is 4.79 Å². The molecule has 1 aromatic heterocycles. The highest BCUT2D eigenvalue weighted by molar-refractivity contribution is 7.89. The van der Waals surface area contributed by atoms with E-state index in [1.807, 2.05) is 6.92 Å². The van der Waals surface area contributed by atoms with Crippen molar-refractivity contribution >= 4 is 27.0 Å². The normalized spacial score (nSPS) is 11.8. The van der Waals surface area contributed by atoms with Crippen molar-refractivity contribution in [3.63, 3.8) is 0 Å². The molecule has 8 heteroatoms. The summed E-state index contributed by atoms with van der Waals surface area (Å²) in [6.07, 6.45) is 0. The molecule has 0 amide bonds. The molecule has 0 aliphatic heterocycles. The maximum Gasteiger partial charge on any atom is 0.304 e. The quantitative estimate of drug-likeness (QED) is 0.739. The molecule has 6 nitrogen and oxygen atoms in total. The fraction of sp³-hybridized carbons (Fsp3) is 0.308. The van der Waals surface area contributed by atoms with Crippen LogP contribution in [0.2, 0.25) is 0 Å². The minimum Gasteiger partial charge on any atom is -0.398 e. The van der Waals surface area contributed by atoms with Crippen LogP contribution in [-0.2, 0) is 16.6 Å². The highest BCUT2D eigenvalue weighted by atomic mass is 32.2. The molecule has 0 saturated carbocycles. The summed E-state index contributed by atoms with van der Waals surface area (Å²) < 4.78 is 27.4. The average molecular weight is 327 g/mol. The molecule has 1 heterocycles. The summed E-state index contributed by atoms with van der Waals surface area (Å²) >= 11 is 0.996. The first-order valence-corrected chi connectivity index (χ1v) is 8.61. The number of hydrogen-bond acceptors (Lipinski definition) is 5. The number of aromatic nitrogens is 1. The number of anilines is 1. The third-order valence-corrected chi connectivity index (χ3v) is 5.66. The Morgan fingerprint density at radius 1 is 1.29 bits per heavy atom. The van der Waals surface area contributed by atoms with Gasteiger partial charge in [0.05, 0.1) is 11.4 Å². The minimum atomic E-state index is -3.70. The van der Waals surface area contributed by atoms with Gasteiger partial charge in [-0.15, -0.1) is 0 Å². The van der Waals surface area contributed by atoms with Crippen LogP contribution in [0.25, 0.3) is 0 Å². The first-order chi connectivity index (χ1) is 9.72. The van der Waals surface area contributed by atoms with Crippen molar-refractivity contribution in [3.8, 4) is 0 Å². The van der Waals surface area contributed by atoms with Gasteiger partial charge in [0, 0.05) is 16.8 Å². The molecule has 0 saturated heterocycles. The van der Waals surface area contributed by atoms with Crippen LogP contribution >= 0.6 is 11.3 Å². The molecule has 0 fully saturated rings. The van der Waals surface area contributed by atoms with Crippen molar-refractivity contribution in [3.05, 3.63) is 43.5 Å². The van der Waals surface area contributed by atoms with Crippen LogP contribution in [0.15, 0.2) is 21.1 Å². The summed E-state index contributed by atoms with van der Waals surface area (Å²) in [5.74, 6) is 0. The minimum absolute atomic E-state index is 0.0355. The fourth-order valence-corrected chi connectivity index (χ4v) is 4.31. The zero-order valence-corrected chi connectivity index (χ0v) is 13.6. The zero-order valence-electron chi connectivity index (χ0n) is 12.0. The van der Waals surface area contributed by atoms with E-state index in [1.54, 1.807) is 25.3 Å². The maximum absolute atomic E-state index is 12.5. The van der Waals surface area contributed by atoms with E-state index < -0.39 is 10.0 Å². The molecule has 0 unspecified atom stereocenters. The summed E-state index contributed by atoms with van der Waals surface area (Å²) in [5.41, 5.74) is 8.97. The van der Waals surface area contributed by atoms with E-state index in [9.17, 15) is 13.2 Å². The predicted octanol–water partition coefficient (Wildman–Crippen LogP) is 1.42. The topological polar surface area (TPSA) is 105 Å². The van der Waals surface area contributed by atoms with E-state index in [1.165, 1.54) is 0 Å². The van der Waals surface area contributed by atoms with Gasteiger partial charge in [0.2, 0.25) is 10.0 Å². The van der Waals surface area contributed by atoms with Gasteiger partial charge in [0.15, 0.2) is 0 Å². The molecule has 0 bridgehead atoms. The number of H-pyrrole nitrogens is 1. The van der Waals surface area contributed by atoms with Gasteiger partial charge in [-0.25, -0.2) is 13.1 Å². The third kappa shape index (κ3) is 3.17. The van der Waals surface area contributed by atoms with Crippen LogP contribution in [0, 0.1) is 20.8 Å². The highest BCUT2D eigenvalue weighted by Crippen LogP contribution is 2.27. The summed E-state index contributed by atoms with van der Waals surface area (Å²) in [5, 5.41) is 1.59. The Bertz CT molecular complexity index is 835. The summed E-state index contributed by atoms with van der Waals surface area (Å²) in [7, 11) is -3.70. The SMILES string of the molecule is Cc1cc(C)c(S(=O)(=O)NCc2csc(=O)[nH]2)c(C)c1N. The lowest BCUT2D eigenvalue weighted by Gasteiger charge is -2.15. The van der Waals surface area contributed by atoms with Crippen molar-refractivity contribution in [2.75, 3.05) is 5.73 Å². The van der Waals surface area contributed by atoms with Gasteiger partial charge in [0.25, 0.3) is 0 Å². The number of nitrogen functional groups attached to an aromatic ring is 1. The Morgan fingerprint density at radius 2 is 1.95 bits per heavy atom. The molecular weight excluding hydrogens is 310 g/mol. The van der Waals surface area contributed by atoms with Crippen molar-refractivity contribution in [2.45, 2.75) is 32.2 Å². The molecule has 2 rings (SSSR count). The second-order valence-corrected chi connectivity index (χ2v) is 7.42. The highest BCUT2D eigenvalue weighted by Gasteiger charge is 2.21. The molecule has 0 atom stereocenters. The number of hydrogen-bond donors (Lipinski definition) is 3. The van der Waals surface area contributed by atoms with Crippen LogP contribution in [0.3, 0.4) is 0 Å². The van der Waals surface area contributed by atoms with Gasteiger partial charge in [-0.1, -0.05) is 17.4 Å². The molecule has 0 spiro atoms. The molecule has 114 valence electrons. The first-order valence-electron chi connectivity index (χ1n) is 6.25. The number of rotatable bonds is 4. The second kappa shape index (κ2) is 5.63. The maximum atomic E-state index is 12.5. The molecule has 0 aliphatic rings. The number of aromatic amines is 1. The largest absolute Gasteiger partial charge is 0.398 e. The average Bonchev–Trinajstić information content (AvgIpc) is 2.79. The van der Waals surface area contributed by atoms with Crippen molar-refractivity contribution in [1.29, 1.82) is 0 Å². The summed E-state index contributed by atoms with van der Waals surface area (Å²) in [6, 6.07) is 1.75. The van der Waals surface area contributed by atoms with Gasteiger partial charge in [0.1, 0.15) is 0 Å². The van der Waals surface area contributed by atoms with E-state index in [0.29, 0.717) is 22.5 Å². The number of nitrogens with one attached hydrogen (secondary N) is 2. The zero-order chi connectivity index (χ0) is 15.8. The Labute approximate surface area is 127 Å². The molecule has 0 aliphatic carbocycles. The lowest BCUT2D eigenvalue weighted by Crippen LogP contribution is -2.25. The van der Waals surface area contributed by atoms with Crippen LogP contribution in [-0.4, -0.2) is 13.4 Å². The number of aryl methyl sites for hydroxylation is 2. The molecular formula is C13H17N3O3S2. The van der Waals surface area contributed by atoms with Gasteiger partial charge in [-0.05, 0) is 37.5 Å². The molecule has 2 aromatic rings. The summed E-state index contributed by atoms with van der Waals surface area (Å²) in [4.78, 5) is 13.6. The summed E-state index contributed by atoms with van der Waals surface area (Å²) in [6.45, 7) is 5.31. The molecule has 1 aromatic carbocycles. The lowest BCUT2D eigenvalue weighted by atomic mass is 10.1. The lowest BCUT2D eigenvalue weighted by molar-refractivity contribution is 0.579. The first kappa shape index (κ1) is 15.7. The standard InChI is InChI=1S/C13H17N3O3S2/c1-7-4-8(2)12(9(3)11(7)14)21(18,19)15-5-10-6-20-13(17)16-10/h4,6,15H,5,14H2,1-3H3,(H,16,17). The molecule has 4 N–H and O–H groups in total. The van der Waals surface area contributed by atoms with E-state index in [4.69, 9.17) is 5.73 Å². The Kier molecular flexibility index (Phi) is 4.22. The van der Waals surface area contributed by atoms with Crippen LogP contribution in [0.4, 0.5) is 5.69 Å². The Balaban J connectivity index is 2.36. The molecule has 21 heavy (non-hydrogen) atoms. The van der Waals surface area contributed by atoms with Gasteiger partial charge >= 0.3 is 4.87 Å². The number of sulfonamides is 1. The third-order valence-electron chi connectivity index (χ3n) is 3.25. The van der Waals surface area contributed by atoms with Crippen molar-refractivity contribution in [1.82, 2.24) is 9.71 Å². The number of benzene rings is 1. The Morgan fingerprint density at radius 3 is 2.52 bits per heavy atom. The van der Waals surface area contributed by atoms with Crippen LogP contribution in [0.5, 0.6) is 0 Å². The Hall–Kier alpha value is -1.64. The van der Waals surface area contributed by atoms with E-state index in [0.717, 1.165) is 16.9 Å². The van der Waals surface area contributed by atoms with Gasteiger partial charge < -0.3 is 10.7 Å². The van der Waals surface area contributed by atoms with E-state index in [-0.39, 0.29) is 16.3 Å². The van der Waals surface area contributed by atoms with E-state index >= 15 is 0 Å². The van der Waals surface area contributed by atoms with Crippen molar-refractivity contribution < 1.29 is 8.42 Å². The second-order valence-electron chi connectivity index (χ2n) is 4.88. The number of thiazole rings is 1. The van der Waals surface area contributed by atoms with Crippen molar-refractivity contribution in [2.24, 2.45) is 0 Å². The smallest absolute Gasteiger partial charge is 0.304 e. The fourth-order valence-electron chi connectivity index (χ4n) is 2.24. The molecule has 0 radical (unpaired) electrons. The van der Waals surface area contributed by atoms with Crippen LogP contribution in [0.1, 0.15) is 22.4 Å². The van der Waals surface area contributed by atoms with Crippen LogP contribution < -0.4 is 15.3 Å².